The molecule has 0 aliphatic rings. The summed E-state index contributed by atoms with van der Waals surface area (Å²) in [5, 5.41) is 3.14. The third-order valence-corrected chi connectivity index (χ3v) is 2.20. The molecule has 0 aliphatic heterocycles. The lowest BCUT2D eigenvalue weighted by molar-refractivity contribution is -0.139. The molecule has 6 heteroatoms. The minimum Gasteiger partial charge on any atom is -0.310 e. The number of nitrogens with one attached hydrogen (secondary N) is 1. The van der Waals surface area contributed by atoms with Crippen LogP contribution in [0.15, 0.2) is 18.3 Å². The van der Waals surface area contributed by atoms with Gasteiger partial charge in [-0.1, -0.05) is 17.7 Å². The number of alkyl halides is 3. The largest absolute Gasteiger partial charge is 0.390 e. The van der Waals surface area contributed by atoms with Gasteiger partial charge in [0.25, 0.3) is 0 Å². The van der Waals surface area contributed by atoms with Crippen molar-refractivity contribution in [2.24, 2.45) is 0 Å². The number of pyridine rings is 1. The number of nitrogens with zero attached hydrogens (tertiary/aromatic N) is 1. The Kier molecular flexibility index (Phi) is 4.56. The van der Waals surface area contributed by atoms with Gasteiger partial charge in [0.05, 0.1) is 6.42 Å². The summed E-state index contributed by atoms with van der Waals surface area (Å²) in [5.74, 6) is 0. The van der Waals surface area contributed by atoms with Crippen LogP contribution >= 0.6 is 11.6 Å². The van der Waals surface area contributed by atoms with Crippen molar-refractivity contribution in [3.05, 3.63) is 29.0 Å². The number of rotatable bonds is 4. The highest BCUT2D eigenvalue weighted by Gasteiger charge is 2.29. The zero-order valence-corrected chi connectivity index (χ0v) is 9.44. The minimum atomic E-state index is -4.13. The molecule has 1 heterocycles. The summed E-state index contributed by atoms with van der Waals surface area (Å²) < 4.78 is 36.0. The second-order valence-corrected chi connectivity index (χ2v) is 3.98. The van der Waals surface area contributed by atoms with Crippen molar-refractivity contribution in [3.8, 4) is 0 Å². The maximum Gasteiger partial charge on any atom is 0.390 e. The summed E-state index contributed by atoms with van der Waals surface area (Å²) in [4.78, 5) is 3.83. The molecule has 1 N–H and O–H groups in total. The third kappa shape index (κ3) is 5.32. The molecular formula is C10H12ClF3N2. The predicted molar refractivity (Wildman–Crippen MR) is 56.2 cm³/mol. The van der Waals surface area contributed by atoms with Gasteiger partial charge in [0.2, 0.25) is 0 Å². The van der Waals surface area contributed by atoms with Gasteiger partial charge in [-0.05, 0) is 18.6 Å². The van der Waals surface area contributed by atoms with E-state index in [9.17, 15) is 13.2 Å². The fraction of sp³-hybridized carbons (Fsp3) is 0.500. The van der Waals surface area contributed by atoms with E-state index in [1.807, 2.05) is 0 Å². The first kappa shape index (κ1) is 13.3. The summed E-state index contributed by atoms with van der Waals surface area (Å²) in [7, 11) is 0. The van der Waals surface area contributed by atoms with Gasteiger partial charge in [-0.3, -0.25) is 0 Å². The quantitative estimate of drug-likeness (QED) is 0.833. The van der Waals surface area contributed by atoms with E-state index in [-0.39, 0.29) is 0 Å². The van der Waals surface area contributed by atoms with Crippen LogP contribution in [0.1, 0.15) is 18.9 Å². The second kappa shape index (κ2) is 5.50. The second-order valence-electron chi connectivity index (χ2n) is 3.59. The van der Waals surface area contributed by atoms with Crippen LogP contribution in [0.4, 0.5) is 13.2 Å². The Morgan fingerprint density at radius 2 is 2.12 bits per heavy atom. The molecule has 0 aliphatic carbocycles. The Labute approximate surface area is 96.8 Å². The summed E-state index contributed by atoms with van der Waals surface area (Å²) in [5.41, 5.74) is 0.804. The van der Waals surface area contributed by atoms with Crippen LogP contribution < -0.4 is 5.32 Å². The maximum absolute atomic E-state index is 12.0. The molecule has 0 fully saturated rings. The molecule has 0 spiro atoms. The van der Waals surface area contributed by atoms with Crippen LogP contribution in [-0.4, -0.2) is 17.2 Å². The topological polar surface area (TPSA) is 24.9 Å². The maximum atomic E-state index is 12.0. The van der Waals surface area contributed by atoms with Crippen molar-refractivity contribution in [2.45, 2.75) is 32.1 Å². The van der Waals surface area contributed by atoms with Gasteiger partial charge in [0.15, 0.2) is 0 Å². The van der Waals surface area contributed by atoms with Gasteiger partial charge in [0, 0.05) is 18.8 Å². The van der Waals surface area contributed by atoms with Gasteiger partial charge in [-0.2, -0.15) is 13.2 Å². The Hall–Kier alpha value is -0.810. The number of hydrogen-bond donors (Lipinski definition) is 1. The lowest BCUT2D eigenvalue weighted by Gasteiger charge is -2.15. The molecule has 0 amide bonds. The molecule has 2 nitrogen and oxygen atoms in total. The SMILES string of the molecule is CC(CC(F)(F)F)NCc1ccc(Cl)nc1. The zero-order valence-electron chi connectivity index (χ0n) is 8.68. The monoisotopic (exact) mass is 252 g/mol. The van der Waals surface area contributed by atoms with Gasteiger partial charge in [-0.15, -0.1) is 0 Å². The number of halogens is 4. The Morgan fingerprint density at radius 1 is 1.44 bits per heavy atom. The van der Waals surface area contributed by atoms with E-state index >= 15 is 0 Å². The molecule has 0 radical (unpaired) electrons. The van der Waals surface area contributed by atoms with Crippen molar-refractivity contribution in [1.82, 2.24) is 10.3 Å². The normalized spacial score (nSPS) is 13.8. The molecular weight excluding hydrogens is 241 g/mol. The minimum absolute atomic E-state index is 0.349. The predicted octanol–water partition coefficient (Wildman–Crippen LogP) is 3.17. The van der Waals surface area contributed by atoms with Crippen molar-refractivity contribution >= 4 is 11.6 Å². The zero-order chi connectivity index (χ0) is 12.2. The van der Waals surface area contributed by atoms with Crippen LogP contribution in [-0.2, 0) is 6.54 Å². The highest BCUT2D eigenvalue weighted by atomic mass is 35.5. The fourth-order valence-corrected chi connectivity index (χ4v) is 1.33. The molecule has 0 saturated heterocycles. The van der Waals surface area contributed by atoms with Crippen LogP contribution in [0, 0.1) is 0 Å². The van der Waals surface area contributed by atoms with E-state index in [1.165, 1.54) is 13.1 Å². The highest BCUT2D eigenvalue weighted by molar-refractivity contribution is 6.29. The molecule has 0 saturated carbocycles. The smallest absolute Gasteiger partial charge is 0.310 e. The Balaban J connectivity index is 2.37. The Bertz CT molecular complexity index is 324. The van der Waals surface area contributed by atoms with Gasteiger partial charge in [0.1, 0.15) is 5.15 Å². The lowest BCUT2D eigenvalue weighted by Crippen LogP contribution is -2.30. The molecule has 16 heavy (non-hydrogen) atoms. The first-order valence-electron chi connectivity index (χ1n) is 4.77. The molecule has 90 valence electrons. The van der Waals surface area contributed by atoms with E-state index in [1.54, 1.807) is 12.1 Å². The van der Waals surface area contributed by atoms with E-state index in [0.29, 0.717) is 11.7 Å². The average molecular weight is 253 g/mol. The molecule has 0 bridgehead atoms. The first-order valence-corrected chi connectivity index (χ1v) is 5.15. The summed E-state index contributed by atoms with van der Waals surface area (Å²) in [6.07, 6.45) is -3.44. The molecule has 1 aromatic rings. The van der Waals surface area contributed by atoms with Crippen LogP contribution in [0.25, 0.3) is 0 Å². The van der Waals surface area contributed by atoms with Gasteiger partial charge >= 0.3 is 6.18 Å². The van der Waals surface area contributed by atoms with Crippen molar-refractivity contribution in [1.29, 1.82) is 0 Å². The van der Waals surface area contributed by atoms with Gasteiger partial charge in [-0.25, -0.2) is 4.98 Å². The van der Waals surface area contributed by atoms with Crippen LogP contribution in [0.2, 0.25) is 5.15 Å². The van der Waals surface area contributed by atoms with Crippen LogP contribution in [0.3, 0.4) is 0 Å². The summed E-state index contributed by atoms with van der Waals surface area (Å²) >= 11 is 5.58. The van der Waals surface area contributed by atoms with Crippen molar-refractivity contribution < 1.29 is 13.2 Å². The summed E-state index contributed by atoms with van der Waals surface area (Å²) in [6.45, 7) is 1.85. The standard InChI is InChI=1S/C10H12ClF3N2/c1-7(4-10(12,13)14)15-5-8-2-3-9(11)16-6-8/h2-3,6-7,15H,4-5H2,1H3. The van der Waals surface area contributed by atoms with E-state index < -0.39 is 18.6 Å². The van der Waals surface area contributed by atoms with Crippen molar-refractivity contribution in [2.75, 3.05) is 0 Å². The number of hydrogen-bond acceptors (Lipinski definition) is 2. The lowest BCUT2D eigenvalue weighted by atomic mass is 10.2. The molecule has 0 aromatic carbocycles. The molecule has 1 rings (SSSR count). The van der Waals surface area contributed by atoms with E-state index in [4.69, 9.17) is 11.6 Å². The number of aromatic nitrogens is 1. The Morgan fingerprint density at radius 3 is 2.62 bits per heavy atom. The molecule has 1 aromatic heterocycles. The van der Waals surface area contributed by atoms with Crippen molar-refractivity contribution in [3.63, 3.8) is 0 Å². The first-order chi connectivity index (χ1) is 7.37. The van der Waals surface area contributed by atoms with E-state index in [0.717, 1.165) is 5.56 Å². The summed E-state index contributed by atoms with van der Waals surface area (Å²) in [6, 6.07) is 2.71. The van der Waals surface area contributed by atoms with E-state index in [2.05, 4.69) is 10.3 Å². The molecule has 1 unspecified atom stereocenters. The highest BCUT2D eigenvalue weighted by Crippen LogP contribution is 2.21. The fourth-order valence-electron chi connectivity index (χ4n) is 1.22. The van der Waals surface area contributed by atoms with Gasteiger partial charge < -0.3 is 5.32 Å². The average Bonchev–Trinajstić information content (AvgIpc) is 2.14. The third-order valence-electron chi connectivity index (χ3n) is 1.98. The molecule has 1 atom stereocenters. The van der Waals surface area contributed by atoms with Crippen LogP contribution in [0.5, 0.6) is 0 Å².